The number of aromatic nitrogens is 2. The summed E-state index contributed by atoms with van der Waals surface area (Å²) in [6, 6.07) is 18.0. The molecule has 1 aromatic heterocycles. The van der Waals surface area contributed by atoms with Crippen molar-refractivity contribution < 1.29 is 9.53 Å². The molecule has 0 fully saturated rings. The van der Waals surface area contributed by atoms with Crippen LogP contribution in [-0.4, -0.2) is 22.7 Å². The normalized spacial score (nSPS) is 12.3. The zero-order valence-electron chi connectivity index (χ0n) is 14.5. The van der Waals surface area contributed by atoms with Gasteiger partial charge in [-0.1, -0.05) is 30.3 Å². The highest BCUT2D eigenvalue weighted by molar-refractivity contribution is 5.91. The number of carbonyl (C=O) groups is 1. The maximum atomic E-state index is 12.1. The molecule has 0 aliphatic carbocycles. The van der Waals surface area contributed by atoms with Crippen LogP contribution in [0, 0.1) is 6.92 Å². The number of rotatable bonds is 4. The van der Waals surface area contributed by atoms with E-state index in [4.69, 9.17) is 4.74 Å². The molecule has 0 spiro atoms. The third-order valence-corrected chi connectivity index (χ3v) is 4.46. The van der Waals surface area contributed by atoms with Gasteiger partial charge >= 0.3 is 0 Å². The summed E-state index contributed by atoms with van der Waals surface area (Å²) in [7, 11) is 0. The Hall–Kier alpha value is -3.21. The summed E-state index contributed by atoms with van der Waals surface area (Å²) in [6.45, 7) is 3.06. The molecular formula is C21H19N3O2. The summed E-state index contributed by atoms with van der Waals surface area (Å²) in [6.07, 6.45) is 0.967. The number of benzene rings is 2. The van der Waals surface area contributed by atoms with Crippen LogP contribution in [-0.2, 0) is 13.0 Å². The van der Waals surface area contributed by atoms with E-state index in [2.05, 4.69) is 39.8 Å². The predicted molar refractivity (Wildman–Crippen MR) is 99.0 cm³/mol. The van der Waals surface area contributed by atoms with Crippen LogP contribution < -0.4 is 10.1 Å². The third-order valence-electron chi connectivity index (χ3n) is 4.46. The fourth-order valence-corrected chi connectivity index (χ4v) is 2.97. The Kier molecular flexibility index (Phi) is 4.35. The van der Waals surface area contributed by atoms with E-state index in [1.165, 1.54) is 11.1 Å². The van der Waals surface area contributed by atoms with Gasteiger partial charge in [-0.25, -0.2) is 0 Å². The maximum absolute atomic E-state index is 12.1. The number of hydrogen-bond donors (Lipinski definition) is 1. The van der Waals surface area contributed by atoms with Crippen LogP contribution in [0.2, 0.25) is 0 Å². The van der Waals surface area contributed by atoms with Crippen molar-refractivity contribution in [1.29, 1.82) is 0 Å². The van der Waals surface area contributed by atoms with Gasteiger partial charge in [-0.3, -0.25) is 4.79 Å². The Bertz CT molecular complexity index is 934. The lowest BCUT2D eigenvalue weighted by Gasteiger charge is -2.07. The number of carbonyl (C=O) groups excluding carboxylic acids is 1. The van der Waals surface area contributed by atoms with Crippen molar-refractivity contribution in [3.63, 3.8) is 0 Å². The molecule has 3 aromatic rings. The van der Waals surface area contributed by atoms with E-state index in [9.17, 15) is 4.79 Å². The van der Waals surface area contributed by atoms with Crippen LogP contribution >= 0.6 is 0 Å². The minimum absolute atomic E-state index is 0.222. The summed E-state index contributed by atoms with van der Waals surface area (Å²) in [5.74, 6) is 0.771. The summed E-state index contributed by atoms with van der Waals surface area (Å²) in [4.78, 5) is 12.1. The van der Waals surface area contributed by atoms with E-state index in [0.29, 0.717) is 12.2 Å². The molecule has 2 heterocycles. The van der Waals surface area contributed by atoms with Crippen LogP contribution in [0.25, 0.3) is 11.1 Å². The van der Waals surface area contributed by atoms with Gasteiger partial charge in [0.2, 0.25) is 0 Å². The Morgan fingerprint density at radius 2 is 1.85 bits per heavy atom. The molecule has 0 radical (unpaired) electrons. The number of nitrogens with one attached hydrogen (secondary N) is 1. The summed E-state index contributed by atoms with van der Waals surface area (Å²) >= 11 is 0. The smallest absolute Gasteiger partial charge is 0.272 e. The fraction of sp³-hybridized carbons (Fsp3) is 0.190. The van der Waals surface area contributed by atoms with Crippen LogP contribution in [0.5, 0.6) is 5.75 Å². The first-order valence-corrected chi connectivity index (χ1v) is 8.62. The van der Waals surface area contributed by atoms with Crippen molar-refractivity contribution in [2.45, 2.75) is 19.9 Å². The lowest BCUT2D eigenvalue weighted by Crippen LogP contribution is -2.24. The molecule has 0 bridgehead atoms. The molecule has 0 saturated heterocycles. The van der Waals surface area contributed by atoms with E-state index in [1.807, 2.05) is 25.1 Å². The molecule has 5 nitrogen and oxygen atoms in total. The van der Waals surface area contributed by atoms with Crippen molar-refractivity contribution in [1.82, 2.24) is 15.5 Å². The van der Waals surface area contributed by atoms with Gasteiger partial charge in [-0.15, -0.1) is 5.10 Å². The van der Waals surface area contributed by atoms with E-state index >= 15 is 0 Å². The largest absolute Gasteiger partial charge is 0.493 e. The van der Waals surface area contributed by atoms with E-state index < -0.39 is 0 Å². The van der Waals surface area contributed by atoms with Gasteiger partial charge in [0.1, 0.15) is 5.75 Å². The van der Waals surface area contributed by atoms with Gasteiger partial charge in [0, 0.05) is 13.0 Å². The van der Waals surface area contributed by atoms with Crippen LogP contribution in [0.15, 0.2) is 54.6 Å². The summed E-state index contributed by atoms with van der Waals surface area (Å²) in [5.41, 5.74) is 5.74. The minimum Gasteiger partial charge on any atom is -0.493 e. The van der Waals surface area contributed by atoms with Crippen molar-refractivity contribution in [2.75, 3.05) is 6.61 Å². The standard InChI is InChI=1S/C21H19N3O2/c1-14-2-8-19(24-23-14)21(25)22-13-15-3-5-16(6-4-15)17-7-9-20-18(12-17)10-11-26-20/h2-9,12H,10-11,13H2,1H3,(H,22,25). The van der Waals surface area contributed by atoms with Crippen molar-refractivity contribution in [2.24, 2.45) is 0 Å². The first-order chi connectivity index (χ1) is 12.7. The zero-order valence-corrected chi connectivity index (χ0v) is 14.5. The highest BCUT2D eigenvalue weighted by atomic mass is 16.5. The van der Waals surface area contributed by atoms with E-state index in [0.717, 1.165) is 35.6 Å². The molecule has 1 aliphatic rings. The second kappa shape index (κ2) is 6.96. The minimum atomic E-state index is -0.222. The number of aryl methyl sites for hydroxylation is 1. The molecule has 0 unspecified atom stereocenters. The fourth-order valence-electron chi connectivity index (χ4n) is 2.97. The molecule has 2 aromatic carbocycles. The average Bonchev–Trinajstić information content (AvgIpc) is 3.15. The average molecular weight is 345 g/mol. The lowest BCUT2D eigenvalue weighted by atomic mass is 10.0. The van der Waals surface area contributed by atoms with Crippen molar-refractivity contribution in [3.05, 3.63) is 77.1 Å². The number of ether oxygens (including phenoxy) is 1. The lowest BCUT2D eigenvalue weighted by molar-refractivity contribution is 0.0945. The monoisotopic (exact) mass is 345 g/mol. The van der Waals surface area contributed by atoms with Gasteiger partial charge in [0.05, 0.1) is 12.3 Å². The van der Waals surface area contributed by atoms with Gasteiger partial charge < -0.3 is 10.1 Å². The van der Waals surface area contributed by atoms with Gasteiger partial charge in [-0.05, 0) is 53.4 Å². The molecule has 0 saturated carbocycles. The Morgan fingerprint density at radius 3 is 2.62 bits per heavy atom. The second-order valence-electron chi connectivity index (χ2n) is 6.36. The first kappa shape index (κ1) is 16.3. The predicted octanol–water partition coefficient (Wildman–Crippen LogP) is 3.32. The SMILES string of the molecule is Cc1ccc(C(=O)NCc2ccc(-c3ccc4c(c3)CCO4)cc2)nn1. The van der Waals surface area contributed by atoms with Crippen LogP contribution in [0.1, 0.15) is 27.3 Å². The zero-order chi connectivity index (χ0) is 17.9. The van der Waals surface area contributed by atoms with Gasteiger partial charge in [-0.2, -0.15) is 5.10 Å². The highest BCUT2D eigenvalue weighted by Crippen LogP contribution is 2.30. The Labute approximate surface area is 152 Å². The van der Waals surface area contributed by atoms with Crippen LogP contribution in [0.4, 0.5) is 0 Å². The second-order valence-corrected chi connectivity index (χ2v) is 6.36. The Morgan fingerprint density at radius 1 is 1.04 bits per heavy atom. The molecule has 1 aliphatic heterocycles. The number of amides is 1. The molecule has 1 amide bonds. The highest BCUT2D eigenvalue weighted by Gasteiger charge is 2.12. The first-order valence-electron chi connectivity index (χ1n) is 8.62. The maximum Gasteiger partial charge on any atom is 0.272 e. The molecule has 130 valence electrons. The van der Waals surface area contributed by atoms with Crippen molar-refractivity contribution >= 4 is 5.91 Å². The number of nitrogens with zero attached hydrogens (tertiary/aromatic N) is 2. The topological polar surface area (TPSA) is 64.1 Å². The molecule has 26 heavy (non-hydrogen) atoms. The number of fused-ring (bicyclic) bond motifs is 1. The Balaban J connectivity index is 1.41. The number of hydrogen-bond acceptors (Lipinski definition) is 4. The van der Waals surface area contributed by atoms with E-state index in [-0.39, 0.29) is 5.91 Å². The van der Waals surface area contributed by atoms with E-state index in [1.54, 1.807) is 12.1 Å². The summed E-state index contributed by atoms with van der Waals surface area (Å²) in [5, 5.41) is 10.7. The van der Waals surface area contributed by atoms with Crippen molar-refractivity contribution in [3.8, 4) is 16.9 Å². The van der Waals surface area contributed by atoms with Gasteiger partial charge in [0.15, 0.2) is 5.69 Å². The molecule has 4 rings (SSSR count). The van der Waals surface area contributed by atoms with Gasteiger partial charge in [0.25, 0.3) is 5.91 Å². The molecule has 5 heteroatoms. The molecule has 1 N–H and O–H groups in total. The third kappa shape index (κ3) is 3.42. The quantitative estimate of drug-likeness (QED) is 0.788. The molecule has 0 atom stereocenters. The van der Waals surface area contributed by atoms with Crippen LogP contribution in [0.3, 0.4) is 0 Å². The molecular weight excluding hydrogens is 326 g/mol. The summed E-state index contributed by atoms with van der Waals surface area (Å²) < 4.78 is 5.56.